The Morgan fingerprint density at radius 1 is 1.07 bits per heavy atom. The average Bonchev–Trinajstić information content (AvgIpc) is 3.94. The summed E-state index contributed by atoms with van der Waals surface area (Å²) in [6.07, 6.45) is 10.3. The van der Waals surface area contributed by atoms with Gasteiger partial charge in [-0.3, -0.25) is 23.7 Å². The molecule has 59 heavy (non-hydrogen) atoms. The molecule has 2 saturated carbocycles. The Balaban J connectivity index is 1.27. The number of carbonyl (C=O) groups is 3. The molecule has 3 fully saturated rings. The first-order valence-electron chi connectivity index (χ1n) is 21.6. The van der Waals surface area contributed by atoms with Crippen LogP contribution in [0, 0.1) is 11.3 Å². The van der Waals surface area contributed by atoms with Crippen LogP contribution in [-0.4, -0.2) is 80.6 Å². The number of nitrogens with one attached hydrogen (secondary N) is 2. The molecule has 1 saturated heterocycles. The summed E-state index contributed by atoms with van der Waals surface area (Å²) >= 11 is 1.71. The van der Waals surface area contributed by atoms with Crippen LogP contribution in [0.3, 0.4) is 0 Å². The molecule has 2 spiro atoms. The van der Waals surface area contributed by atoms with Gasteiger partial charge in [0.2, 0.25) is 21.8 Å². The van der Waals surface area contributed by atoms with Crippen molar-refractivity contribution in [3.8, 4) is 16.6 Å². The van der Waals surface area contributed by atoms with Crippen LogP contribution in [0.2, 0.25) is 0 Å². The molecule has 0 unspecified atom stereocenters. The van der Waals surface area contributed by atoms with Crippen LogP contribution in [0.5, 0.6) is 6.01 Å². The molecule has 2 aromatic heterocycles. The van der Waals surface area contributed by atoms with Gasteiger partial charge in [0.05, 0.1) is 28.5 Å². The minimum Gasteiger partial charge on any atom is -0.459 e. The molecule has 13 nitrogen and oxygen atoms in total. The number of hydrogen-bond acceptors (Lipinski definition) is 10. The Morgan fingerprint density at radius 3 is 2.41 bits per heavy atom. The molecule has 4 heterocycles. The van der Waals surface area contributed by atoms with Crippen molar-refractivity contribution < 1.29 is 27.5 Å². The second kappa shape index (κ2) is 16.2. The van der Waals surface area contributed by atoms with Gasteiger partial charge in [-0.15, -0.1) is 11.3 Å². The number of carbonyl (C=O) groups excluding carboxylic acids is 3. The predicted molar refractivity (Wildman–Crippen MR) is 232 cm³/mol. The van der Waals surface area contributed by atoms with E-state index in [0.29, 0.717) is 44.5 Å². The van der Waals surface area contributed by atoms with Crippen molar-refractivity contribution in [2.24, 2.45) is 17.1 Å². The number of rotatable bonds is 4. The van der Waals surface area contributed by atoms with Gasteiger partial charge >= 0.3 is 0 Å². The Labute approximate surface area is 353 Å². The third kappa shape index (κ3) is 8.32. The smallest absolute Gasteiger partial charge is 0.297 e. The van der Waals surface area contributed by atoms with Crippen LogP contribution in [0.15, 0.2) is 30.4 Å². The number of nitrogens with two attached hydrogens (primary N) is 1. The van der Waals surface area contributed by atoms with Crippen molar-refractivity contribution >= 4 is 50.1 Å². The van der Waals surface area contributed by atoms with Crippen molar-refractivity contribution in [2.45, 2.75) is 166 Å². The van der Waals surface area contributed by atoms with Crippen molar-refractivity contribution in [2.75, 3.05) is 6.54 Å². The quantitative estimate of drug-likeness (QED) is 0.235. The SMILES string of the molecule is CC[C@@H]1C[C@@]12NC(=O)[C@@H]1C[C@H](CN1C(=O)[C@@H](N)C(C)(C)C)Oc1nc3c(cccc3n1C(C)C)-c1nc(C(C)C)c(s1)CCC/C=C/CCCC1(CC1)S(=O)(=O)NC2=O. The average molecular weight is 850 g/mol. The van der Waals surface area contributed by atoms with Gasteiger partial charge in [0.15, 0.2) is 0 Å². The van der Waals surface area contributed by atoms with Crippen molar-refractivity contribution in [1.29, 1.82) is 0 Å². The zero-order valence-electron chi connectivity index (χ0n) is 36.0. The highest BCUT2D eigenvalue weighted by Crippen LogP contribution is 2.50. The molecule has 6 bridgehead atoms. The molecule has 1 aromatic carbocycles. The number of aromatic nitrogens is 3. The van der Waals surface area contributed by atoms with Gasteiger partial charge < -0.3 is 20.7 Å². The molecule has 3 amide bonds. The number of ether oxygens (including phenoxy) is 1. The number of sulfonamides is 1. The molecule has 2 aliphatic carbocycles. The Kier molecular flexibility index (Phi) is 11.9. The lowest BCUT2D eigenvalue weighted by Crippen LogP contribution is -2.59. The predicted octanol–water partition coefficient (Wildman–Crippen LogP) is 6.91. The van der Waals surface area contributed by atoms with Gasteiger partial charge in [-0.2, -0.15) is 4.98 Å². The molecule has 3 aromatic rings. The summed E-state index contributed by atoms with van der Waals surface area (Å²) in [5.41, 5.74) is 8.22. The van der Waals surface area contributed by atoms with Crippen molar-refractivity contribution in [3.05, 3.63) is 40.9 Å². The first kappa shape index (κ1) is 43.3. The first-order valence-corrected chi connectivity index (χ1v) is 23.9. The van der Waals surface area contributed by atoms with E-state index >= 15 is 0 Å². The number of benzene rings is 1. The van der Waals surface area contributed by atoms with Crippen LogP contribution in [0.25, 0.3) is 21.6 Å². The maximum atomic E-state index is 14.5. The summed E-state index contributed by atoms with van der Waals surface area (Å²) in [4.78, 5) is 55.8. The molecular weight excluding hydrogens is 787 g/mol. The van der Waals surface area contributed by atoms with E-state index in [2.05, 4.69) is 56.0 Å². The van der Waals surface area contributed by atoms with Crippen molar-refractivity contribution in [3.63, 3.8) is 0 Å². The van der Waals surface area contributed by atoms with Crippen LogP contribution in [0.4, 0.5) is 0 Å². The summed E-state index contributed by atoms with van der Waals surface area (Å²) in [7, 11) is -4.02. The highest BCUT2D eigenvalue weighted by atomic mass is 32.2. The lowest BCUT2D eigenvalue weighted by molar-refractivity contribution is -0.142. The van der Waals surface area contributed by atoms with Gasteiger partial charge in [0.25, 0.3) is 11.9 Å². The lowest BCUT2D eigenvalue weighted by atomic mass is 9.86. The second-order valence-corrected chi connectivity index (χ2v) is 22.1. The number of nitrogens with zero attached hydrogens (tertiary/aromatic N) is 4. The number of para-hydroxylation sites is 1. The Bertz CT molecular complexity index is 2230. The zero-order chi connectivity index (χ0) is 42.7. The van der Waals surface area contributed by atoms with E-state index in [1.807, 2.05) is 44.4 Å². The molecule has 5 atom stereocenters. The normalized spacial score (nSPS) is 27.2. The minimum atomic E-state index is -4.02. The number of likely N-dealkylation sites (tertiary alicyclic amines) is 1. The van der Waals surface area contributed by atoms with E-state index < -0.39 is 61.6 Å². The highest BCUT2D eigenvalue weighted by molar-refractivity contribution is 7.91. The molecule has 15 heteroatoms. The van der Waals surface area contributed by atoms with Gasteiger partial charge in [-0.1, -0.05) is 66.2 Å². The van der Waals surface area contributed by atoms with Crippen molar-refractivity contribution in [1.82, 2.24) is 29.5 Å². The van der Waals surface area contributed by atoms with Gasteiger partial charge in [-0.25, -0.2) is 13.4 Å². The number of imidazole rings is 1. The summed E-state index contributed by atoms with van der Waals surface area (Å²) in [5.74, 6) is -1.66. The molecule has 322 valence electrons. The number of fused-ring (bicyclic) bond motifs is 6. The minimum absolute atomic E-state index is 0.0368. The lowest BCUT2D eigenvalue weighted by Gasteiger charge is -2.33. The molecule has 4 N–H and O–H groups in total. The molecule has 2 aliphatic heterocycles. The zero-order valence-corrected chi connectivity index (χ0v) is 37.6. The second-order valence-electron chi connectivity index (χ2n) is 19.0. The highest BCUT2D eigenvalue weighted by Gasteiger charge is 2.63. The number of aryl methyl sites for hydroxylation is 1. The standard InChI is InChI=1S/C44H63N7O6S2/c1-9-28-24-44(28)40(54)49-59(55,56)43(21-22-43)20-15-13-11-10-12-14-19-33-34(26(2)3)46-38(58-33)30-17-16-18-31-35(30)47-41(51(31)27(4)5)57-29-23-32(37(52)48-44)50(25-29)39(53)36(45)42(6,7)8/h10-11,16-18,26-29,32,36H,9,12-15,19-25,45H2,1-8H3,(H,48,52)(H,49,54)/b11-10+/t28-,29-,32+,36-,44-/m1/s1. The van der Waals surface area contributed by atoms with Crippen LogP contribution in [-0.2, 0) is 30.8 Å². The largest absolute Gasteiger partial charge is 0.459 e. The fourth-order valence-corrected chi connectivity index (χ4v) is 11.9. The van der Waals surface area contributed by atoms with Crippen LogP contribution in [0.1, 0.15) is 142 Å². The summed E-state index contributed by atoms with van der Waals surface area (Å²) in [5, 5.41) is 3.88. The van der Waals surface area contributed by atoms with Gasteiger partial charge in [-0.05, 0) is 101 Å². The third-order valence-corrected chi connectivity index (χ3v) is 16.3. The molecule has 0 radical (unpaired) electrons. The van der Waals surface area contributed by atoms with E-state index in [1.54, 1.807) is 11.3 Å². The Morgan fingerprint density at radius 2 is 1.78 bits per heavy atom. The number of thiazole rings is 1. The van der Waals surface area contributed by atoms with Gasteiger partial charge in [0.1, 0.15) is 28.2 Å². The monoisotopic (exact) mass is 849 g/mol. The molecule has 7 rings (SSSR count). The summed E-state index contributed by atoms with van der Waals surface area (Å²) < 4.78 is 37.9. The number of amides is 3. The van der Waals surface area contributed by atoms with E-state index in [9.17, 15) is 22.8 Å². The fraction of sp³-hybridized carbons (Fsp3) is 0.659. The molecule has 4 aliphatic rings. The van der Waals surface area contributed by atoms with E-state index in [4.69, 9.17) is 20.4 Å². The third-order valence-electron chi connectivity index (χ3n) is 12.9. The number of allylic oxidation sites excluding steroid dienone is 2. The topological polar surface area (TPSA) is 179 Å². The number of hydrogen-bond donors (Lipinski definition) is 3. The fourth-order valence-electron chi connectivity index (χ4n) is 8.92. The maximum Gasteiger partial charge on any atom is 0.297 e. The Hall–Kier alpha value is -3.82. The summed E-state index contributed by atoms with van der Waals surface area (Å²) in [6.45, 7) is 16.1. The van der Waals surface area contributed by atoms with E-state index in [0.717, 1.165) is 53.0 Å². The summed E-state index contributed by atoms with van der Waals surface area (Å²) in [6, 6.07) is 4.51. The van der Waals surface area contributed by atoms with Crippen LogP contribution < -0.4 is 20.5 Å². The van der Waals surface area contributed by atoms with Crippen LogP contribution >= 0.6 is 11.3 Å². The molecular formula is C44H63N7O6S2. The first-order chi connectivity index (χ1) is 27.8. The van der Waals surface area contributed by atoms with E-state index in [1.165, 1.54) is 9.78 Å². The maximum absolute atomic E-state index is 14.5. The van der Waals surface area contributed by atoms with Gasteiger partial charge in [0, 0.05) is 22.9 Å². The van der Waals surface area contributed by atoms with E-state index in [-0.39, 0.29) is 30.8 Å².